The Morgan fingerprint density at radius 3 is 2.40 bits per heavy atom. The van der Waals surface area contributed by atoms with E-state index in [1.165, 1.54) is 25.1 Å². The Morgan fingerprint density at radius 1 is 1.25 bits per heavy atom. The number of carbonyl (C=O) groups excluding carboxylic acids is 2. The third-order valence-electron chi connectivity index (χ3n) is 2.88. The highest BCUT2D eigenvalue weighted by atomic mass is 19.4. The third-order valence-corrected chi connectivity index (χ3v) is 2.88. The van der Waals surface area contributed by atoms with Gasteiger partial charge in [-0.1, -0.05) is 12.1 Å². The molecule has 0 atom stereocenters. The van der Waals surface area contributed by atoms with E-state index in [1.54, 1.807) is 0 Å². The summed E-state index contributed by atoms with van der Waals surface area (Å²) in [4.78, 5) is 24.9. The Hall–Kier alpha value is -2.31. The average molecular weight is 285 g/mol. The Bertz CT molecular complexity index is 701. The highest BCUT2D eigenvalue weighted by molar-refractivity contribution is 6.07. The summed E-state index contributed by atoms with van der Waals surface area (Å²) in [5.41, 5.74) is -1.44. The van der Waals surface area contributed by atoms with Gasteiger partial charge in [0.15, 0.2) is 5.78 Å². The number of hydrogen-bond donors (Lipinski definition) is 1. The van der Waals surface area contributed by atoms with Crippen molar-refractivity contribution in [3.63, 3.8) is 0 Å². The second-order valence-electron chi connectivity index (χ2n) is 4.18. The number of rotatable bonds is 2. The molecule has 1 aromatic heterocycles. The van der Waals surface area contributed by atoms with Gasteiger partial charge in [0.1, 0.15) is 5.69 Å². The van der Waals surface area contributed by atoms with E-state index in [0.29, 0.717) is 0 Å². The predicted octanol–water partition coefficient (Wildman–Crippen LogP) is 3.18. The molecule has 1 aromatic carbocycles. The number of halogens is 3. The number of nitrogens with one attached hydrogen (secondary N) is 1. The number of esters is 1. The number of fused-ring (bicyclic) bond motifs is 1. The smallest absolute Gasteiger partial charge is 0.432 e. The van der Waals surface area contributed by atoms with Crippen molar-refractivity contribution in [1.29, 1.82) is 0 Å². The number of benzene rings is 1. The lowest BCUT2D eigenvalue weighted by Crippen LogP contribution is -2.13. The molecular formula is C13H10F3NO3. The summed E-state index contributed by atoms with van der Waals surface area (Å²) in [6, 6.07) is 3.94. The zero-order valence-corrected chi connectivity index (χ0v) is 10.6. The molecule has 2 aromatic rings. The molecule has 106 valence electrons. The number of ketones is 1. The lowest BCUT2D eigenvalue weighted by molar-refractivity contribution is -0.141. The summed E-state index contributed by atoms with van der Waals surface area (Å²) in [5.74, 6) is -1.37. The van der Waals surface area contributed by atoms with E-state index < -0.39 is 23.4 Å². The van der Waals surface area contributed by atoms with E-state index in [1.807, 2.05) is 0 Å². The summed E-state index contributed by atoms with van der Waals surface area (Å²) in [6.07, 6.45) is -4.72. The standard InChI is InChI=1S/C13H10F3NO3/c1-6(18)7-3-4-8-9(5-7)17-11(13(14,15)16)10(8)12(19)20-2/h3-5,17H,1-2H3. The van der Waals surface area contributed by atoms with Crippen LogP contribution in [0.25, 0.3) is 10.9 Å². The van der Waals surface area contributed by atoms with Gasteiger partial charge in [-0.25, -0.2) is 4.79 Å². The van der Waals surface area contributed by atoms with Crippen molar-refractivity contribution in [3.05, 3.63) is 35.0 Å². The number of methoxy groups -OCH3 is 1. The van der Waals surface area contributed by atoms with E-state index in [0.717, 1.165) is 7.11 Å². The minimum atomic E-state index is -4.72. The Morgan fingerprint density at radius 2 is 1.90 bits per heavy atom. The fourth-order valence-corrected chi connectivity index (χ4v) is 1.94. The summed E-state index contributed by atoms with van der Waals surface area (Å²) in [6.45, 7) is 1.30. The zero-order valence-electron chi connectivity index (χ0n) is 10.6. The van der Waals surface area contributed by atoms with Crippen LogP contribution in [0.3, 0.4) is 0 Å². The van der Waals surface area contributed by atoms with Crippen LogP contribution in [0.4, 0.5) is 13.2 Å². The van der Waals surface area contributed by atoms with Gasteiger partial charge in [0, 0.05) is 16.5 Å². The molecule has 0 fully saturated rings. The van der Waals surface area contributed by atoms with Crippen LogP contribution in [0.5, 0.6) is 0 Å². The van der Waals surface area contributed by atoms with Crippen molar-refractivity contribution < 1.29 is 27.5 Å². The molecule has 0 saturated carbocycles. The molecular weight excluding hydrogens is 275 g/mol. The maximum Gasteiger partial charge on any atom is 0.432 e. The number of hydrogen-bond acceptors (Lipinski definition) is 3. The van der Waals surface area contributed by atoms with Gasteiger partial charge in [-0.05, 0) is 13.0 Å². The lowest BCUT2D eigenvalue weighted by Gasteiger charge is -2.06. The van der Waals surface area contributed by atoms with Crippen LogP contribution < -0.4 is 0 Å². The predicted molar refractivity (Wildman–Crippen MR) is 64.6 cm³/mol. The van der Waals surface area contributed by atoms with Gasteiger partial charge < -0.3 is 9.72 Å². The van der Waals surface area contributed by atoms with Crippen molar-refractivity contribution in [1.82, 2.24) is 4.98 Å². The van der Waals surface area contributed by atoms with Gasteiger partial charge in [-0.3, -0.25) is 4.79 Å². The molecule has 0 aliphatic heterocycles. The van der Waals surface area contributed by atoms with E-state index in [-0.39, 0.29) is 22.2 Å². The SMILES string of the molecule is COC(=O)c1c(C(F)(F)F)[nH]c2cc(C(C)=O)ccc12. The van der Waals surface area contributed by atoms with Crippen LogP contribution in [0.2, 0.25) is 0 Å². The van der Waals surface area contributed by atoms with E-state index in [4.69, 9.17) is 0 Å². The van der Waals surface area contributed by atoms with Gasteiger partial charge in [-0.2, -0.15) is 13.2 Å². The average Bonchev–Trinajstić information content (AvgIpc) is 2.75. The first kappa shape index (κ1) is 14.1. The summed E-state index contributed by atoms with van der Waals surface area (Å²) < 4.78 is 43.2. The number of aromatic amines is 1. The van der Waals surface area contributed by atoms with E-state index in [9.17, 15) is 22.8 Å². The quantitative estimate of drug-likeness (QED) is 0.681. The molecule has 0 unspecified atom stereocenters. The number of carbonyl (C=O) groups is 2. The summed E-state index contributed by atoms with van der Waals surface area (Å²) in [5, 5.41) is 0.0641. The second-order valence-corrected chi connectivity index (χ2v) is 4.18. The van der Waals surface area contributed by atoms with Crippen molar-refractivity contribution in [3.8, 4) is 0 Å². The molecule has 2 rings (SSSR count). The molecule has 0 aliphatic rings. The van der Waals surface area contributed by atoms with Gasteiger partial charge in [0.2, 0.25) is 0 Å². The lowest BCUT2D eigenvalue weighted by atomic mass is 10.1. The van der Waals surface area contributed by atoms with E-state index >= 15 is 0 Å². The fraction of sp³-hybridized carbons (Fsp3) is 0.231. The maximum atomic E-state index is 12.9. The molecule has 0 radical (unpaired) electrons. The minimum absolute atomic E-state index is 0.0606. The summed E-state index contributed by atoms with van der Waals surface area (Å²) in [7, 11) is 1.01. The Balaban J connectivity index is 2.79. The molecule has 1 N–H and O–H groups in total. The van der Waals surface area contributed by atoms with Crippen LogP contribution in [-0.2, 0) is 10.9 Å². The highest BCUT2D eigenvalue weighted by Gasteiger charge is 2.39. The molecule has 20 heavy (non-hydrogen) atoms. The molecule has 0 spiro atoms. The summed E-state index contributed by atoms with van der Waals surface area (Å²) >= 11 is 0. The number of H-pyrrole nitrogens is 1. The Kier molecular flexibility index (Phi) is 3.29. The molecule has 1 heterocycles. The molecule has 0 amide bonds. The van der Waals surface area contributed by atoms with Crippen LogP contribution in [0.1, 0.15) is 33.3 Å². The molecule has 0 aliphatic carbocycles. The van der Waals surface area contributed by atoms with Crippen LogP contribution in [0.15, 0.2) is 18.2 Å². The number of Topliss-reactive ketones (excluding diaryl/α,β-unsaturated/α-hetero) is 1. The first-order valence-electron chi connectivity index (χ1n) is 5.58. The maximum absolute atomic E-state index is 12.9. The number of aromatic nitrogens is 1. The van der Waals surface area contributed by atoms with Gasteiger partial charge >= 0.3 is 12.1 Å². The second kappa shape index (κ2) is 4.66. The normalized spacial score (nSPS) is 11.7. The van der Waals surface area contributed by atoms with Gasteiger partial charge in [0.05, 0.1) is 12.7 Å². The van der Waals surface area contributed by atoms with Gasteiger partial charge in [0.25, 0.3) is 0 Å². The fourth-order valence-electron chi connectivity index (χ4n) is 1.94. The molecule has 4 nitrogen and oxygen atoms in total. The zero-order chi connectivity index (χ0) is 15.1. The first-order valence-corrected chi connectivity index (χ1v) is 5.58. The van der Waals surface area contributed by atoms with Crippen molar-refractivity contribution in [2.24, 2.45) is 0 Å². The van der Waals surface area contributed by atoms with E-state index in [2.05, 4.69) is 9.72 Å². The van der Waals surface area contributed by atoms with Crippen molar-refractivity contribution in [2.45, 2.75) is 13.1 Å². The third kappa shape index (κ3) is 2.26. The van der Waals surface area contributed by atoms with Crippen LogP contribution in [0, 0.1) is 0 Å². The van der Waals surface area contributed by atoms with Crippen LogP contribution >= 0.6 is 0 Å². The molecule has 0 saturated heterocycles. The number of alkyl halides is 3. The van der Waals surface area contributed by atoms with Crippen molar-refractivity contribution >= 4 is 22.7 Å². The topological polar surface area (TPSA) is 59.2 Å². The monoisotopic (exact) mass is 285 g/mol. The minimum Gasteiger partial charge on any atom is -0.465 e. The molecule has 7 heteroatoms. The first-order chi connectivity index (χ1) is 9.25. The highest BCUT2D eigenvalue weighted by Crippen LogP contribution is 2.36. The van der Waals surface area contributed by atoms with Crippen LogP contribution in [-0.4, -0.2) is 23.8 Å². The van der Waals surface area contributed by atoms with Gasteiger partial charge in [-0.15, -0.1) is 0 Å². The van der Waals surface area contributed by atoms with Crippen molar-refractivity contribution in [2.75, 3.05) is 7.11 Å². The molecule has 0 bridgehead atoms. The Labute approximate surface area is 111 Å². The largest absolute Gasteiger partial charge is 0.465 e. The number of ether oxygens (including phenoxy) is 1.